The topological polar surface area (TPSA) is 76.4 Å². The van der Waals surface area contributed by atoms with Gasteiger partial charge in [0.2, 0.25) is 5.91 Å². The molecule has 150 valence electrons. The third-order valence-electron chi connectivity index (χ3n) is 5.68. The molecule has 2 aromatic rings. The predicted octanol–water partition coefficient (Wildman–Crippen LogP) is 0.991. The van der Waals surface area contributed by atoms with Crippen molar-refractivity contribution in [1.82, 2.24) is 29.5 Å². The van der Waals surface area contributed by atoms with Crippen molar-refractivity contribution in [2.75, 3.05) is 39.4 Å². The van der Waals surface area contributed by atoms with Gasteiger partial charge in [-0.25, -0.2) is 0 Å². The zero-order chi connectivity index (χ0) is 19.3. The Kier molecular flexibility index (Phi) is 5.97. The summed E-state index contributed by atoms with van der Waals surface area (Å²) in [6.07, 6.45) is 5.93. The summed E-state index contributed by atoms with van der Waals surface area (Å²) in [7, 11) is 2.04. The molecule has 2 aromatic heterocycles. The number of carbonyl (C=O) groups excluding carboxylic acids is 1. The van der Waals surface area contributed by atoms with Crippen LogP contribution < -0.4 is 0 Å². The molecule has 0 aliphatic carbocycles. The smallest absolute Gasteiger partial charge is 0.227 e. The second kappa shape index (κ2) is 8.79. The molecule has 0 N–H and O–H groups in total. The second-order valence-electron chi connectivity index (χ2n) is 7.64. The van der Waals surface area contributed by atoms with Crippen LogP contribution >= 0.6 is 0 Å². The number of morpholine rings is 1. The lowest BCUT2D eigenvalue weighted by Crippen LogP contribution is -2.40. The number of ether oxygens (including phenoxy) is 1. The average molecular weight is 384 g/mol. The molecule has 1 amide bonds. The van der Waals surface area contributed by atoms with Crippen molar-refractivity contribution in [1.29, 1.82) is 0 Å². The summed E-state index contributed by atoms with van der Waals surface area (Å²) in [4.78, 5) is 21.2. The standard InChI is InChI=1S/C20H28N6O2/c1-24-18(15-25-8-10-28-11-9-25)22-23-20(24)17-5-3-7-26(14-17)19(27)12-16-4-2-6-21-13-16/h2,4,6,13,17H,3,5,7-12,14-15H2,1H3/t17-/m0/s1. The summed E-state index contributed by atoms with van der Waals surface area (Å²) < 4.78 is 7.54. The highest BCUT2D eigenvalue weighted by Gasteiger charge is 2.28. The zero-order valence-corrected chi connectivity index (χ0v) is 16.5. The molecule has 2 aliphatic heterocycles. The first-order valence-corrected chi connectivity index (χ1v) is 10.1. The van der Waals surface area contributed by atoms with Gasteiger partial charge in [0.05, 0.1) is 26.2 Å². The summed E-state index contributed by atoms with van der Waals surface area (Å²) in [6.45, 7) is 5.74. The van der Waals surface area contributed by atoms with Crippen LogP contribution in [0.2, 0.25) is 0 Å². The lowest BCUT2D eigenvalue weighted by molar-refractivity contribution is -0.131. The van der Waals surface area contributed by atoms with Crippen molar-refractivity contribution in [3.63, 3.8) is 0 Å². The van der Waals surface area contributed by atoms with E-state index in [9.17, 15) is 4.79 Å². The van der Waals surface area contributed by atoms with E-state index in [-0.39, 0.29) is 11.8 Å². The van der Waals surface area contributed by atoms with Gasteiger partial charge in [-0.05, 0) is 24.5 Å². The number of nitrogens with zero attached hydrogens (tertiary/aromatic N) is 6. The normalized spacial score (nSPS) is 21.0. The molecule has 2 aliphatic rings. The van der Waals surface area contributed by atoms with E-state index in [1.807, 2.05) is 24.1 Å². The first-order chi connectivity index (χ1) is 13.7. The van der Waals surface area contributed by atoms with Crippen LogP contribution in [0.5, 0.6) is 0 Å². The van der Waals surface area contributed by atoms with Gasteiger partial charge in [0.25, 0.3) is 0 Å². The number of carbonyl (C=O) groups is 1. The maximum atomic E-state index is 12.7. The quantitative estimate of drug-likeness (QED) is 0.765. The summed E-state index contributed by atoms with van der Waals surface area (Å²) in [5.41, 5.74) is 0.959. The predicted molar refractivity (Wildman–Crippen MR) is 104 cm³/mol. The maximum Gasteiger partial charge on any atom is 0.227 e. The molecule has 2 fully saturated rings. The van der Waals surface area contributed by atoms with Crippen molar-refractivity contribution < 1.29 is 9.53 Å². The number of amides is 1. The van der Waals surface area contributed by atoms with E-state index in [1.165, 1.54) is 0 Å². The number of pyridine rings is 1. The highest BCUT2D eigenvalue weighted by atomic mass is 16.5. The van der Waals surface area contributed by atoms with Crippen LogP contribution in [0, 0.1) is 0 Å². The van der Waals surface area contributed by atoms with Crippen LogP contribution in [-0.2, 0) is 29.5 Å². The van der Waals surface area contributed by atoms with Gasteiger partial charge in [-0.3, -0.25) is 14.7 Å². The molecule has 2 saturated heterocycles. The molecule has 28 heavy (non-hydrogen) atoms. The number of likely N-dealkylation sites (tertiary alicyclic amines) is 1. The van der Waals surface area contributed by atoms with Gasteiger partial charge in [0, 0.05) is 51.5 Å². The monoisotopic (exact) mass is 384 g/mol. The van der Waals surface area contributed by atoms with E-state index < -0.39 is 0 Å². The molecule has 8 heteroatoms. The van der Waals surface area contributed by atoms with Crippen LogP contribution in [0.1, 0.15) is 36.0 Å². The van der Waals surface area contributed by atoms with Crippen LogP contribution in [0.4, 0.5) is 0 Å². The van der Waals surface area contributed by atoms with Gasteiger partial charge in [-0.15, -0.1) is 10.2 Å². The van der Waals surface area contributed by atoms with Gasteiger partial charge in [-0.1, -0.05) is 6.07 Å². The summed E-state index contributed by atoms with van der Waals surface area (Å²) in [6, 6.07) is 3.82. The number of hydrogen-bond acceptors (Lipinski definition) is 6. The Balaban J connectivity index is 1.39. The second-order valence-corrected chi connectivity index (χ2v) is 7.64. The first kappa shape index (κ1) is 19.0. The SMILES string of the molecule is Cn1c(CN2CCOCC2)nnc1[C@H]1CCCN(C(=O)Cc2cccnc2)C1. The molecule has 0 radical (unpaired) electrons. The summed E-state index contributed by atoms with van der Waals surface area (Å²) in [5.74, 6) is 2.37. The highest BCUT2D eigenvalue weighted by molar-refractivity contribution is 5.78. The van der Waals surface area contributed by atoms with E-state index in [1.54, 1.807) is 12.4 Å². The molecule has 0 spiro atoms. The highest BCUT2D eigenvalue weighted by Crippen LogP contribution is 2.26. The number of piperidine rings is 1. The Hall–Kier alpha value is -2.32. The van der Waals surface area contributed by atoms with Gasteiger partial charge in [0.1, 0.15) is 11.6 Å². The van der Waals surface area contributed by atoms with Crippen molar-refractivity contribution in [3.8, 4) is 0 Å². The van der Waals surface area contributed by atoms with Crippen molar-refractivity contribution >= 4 is 5.91 Å². The fraction of sp³-hybridized carbons (Fsp3) is 0.600. The summed E-state index contributed by atoms with van der Waals surface area (Å²) >= 11 is 0. The minimum atomic E-state index is 0.161. The van der Waals surface area contributed by atoms with Gasteiger partial charge >= 0.3 is 0 Å². The van der Waals surface area contributed by atoms with Gasteiger partial charge < -0.3 is 14.2 Å². The van der Waals surface area contributed by atoms with E-state index >= 15 is 0 Å². The molecular formula is C20H28N6O2. The van der Waals surface area contributed by atoms with E-state index in [0.717, 1.165) is 69.4 Å². The Morgan fingerprint density at radius 3 is 2.89 bits per heavy atom. The van der Waals surface area contributed by atoms with Crippen LogP contribution in [-0.4, -0.2) is 74.8 Å². The average Bonchev–Trinajstić information content (AvgIpc) is 3.10. The first-order valence-electron chi connectivity index (χ1n) is 10.1. The Morgan fingerprint density at radius 2 is 2.11 bits per heavy atom. The van der Waals surface area contributed by atoms with Crippen molar-refractivity contribution in [3.05, 3.63) is 41.7 Å². The third kappa shape index (κ3) is 4.39. The number of rotatable bonds is 5. The molecule has 1 atom stereocenters. The molecule has 0 saturated carbocycles. The van der Waals surface area contributed by atoms with E-state index in [2.05, 4.69) is 24.6 Å². The Bertz CT molecular complexity index is 787. The van der Waals surface area contributed by atoms with Gasteiger partial charge in [0.15, 0.2) is 0 Å². The minimum Gasteiger partial charge on any atom is -0.379 e. The fourth-order valence-corrected chi connectivity index (χ4v) is 4.03. The molecule has 4 rings (SSSR count). The number of aromatic nitrogens is 4. The van der Waals surface area contributed by atoms with E-state index in [4.69, 9.17) is 4.74 Å². The third-order valence-corrected chi connectivity index (χ3v) is 5.68. The van der Waals surface area contributed by atoms with Crippen molar-refractivity contribution in [2.45, 2.75) is 31.7 Å². The lowest BCUT2D eigenvalue weighted by atomic mass is 9.96. The fourth-order valence-electron chi connectivity index (χ4n) is 4.03. The molecule has 0 unspecified atom stereocenters. The van der Waals surface area contributed by atoms with Crippen molar-refractivity contribution in [2.24, 2.45) is 7.05 Å². The van der Waals surface area contributed by atoms with Gasteiger partial charge in [-0.2, -0.15) is 0 Å². The van der Waals surface area contributed by atoms with Crippen LogP contribution in [0.15, 0.2) is 24.5 Å². The Morgan fingerprint density at radius 1 is 1.25 bits per heavy atom. The molecule has 0 aromatic carbocycles. The largest absolute Gasteiger partial charge is 0.379 e. The zero-order valence-electron chi connectivity index (χ0n) is 16.5. The lowest BCUT2D eigenvalue weighted by Gasteiger charge is -2.32. The molecule has 4 heterocycles. The maximum absolute atomic E-state index is 12.7. The Labute approximate surface area is 165 Å². The molecular weight excluding hydrogens is 356 g/mol. The van der Waals surface area contributed by atoms with E-state index in [0.29, 0.717) is 13.0 Å². The summed E-state index contributed by atoms with van der Waals surface area (Å²) in [5, 5.41) is 8.93. The minimum absolute atomic E-state index is 0.161. The van der Waals surface area contributed by atoms with Crippen LogP contribution in [0.3, 0.4) is 0 Å². The molecule has 0 bridgehead atoms. The van der Waals surface area contributed by atoms with Crippen LogP contribution in [0.25, 0.3) is 0 Å². The number of hydrogen-bond donors (Lipinski definition) is 0. The molecule has 8 nitrogen and oxygen atoms in total.